The minimum atomic E-state index is -0.351. The number of thiophene rings is 1. The van der Waals surface area contributed by atoms with Crippen LogP contribution in [0.15, 0.2) is 69.8 Å². The fourth-order valence-corrected chi connectivity index (χ4v) is 4.85. The summed E-state index contributed by atoms with van der Waals surface area (Å²) in [5.74, 6) is 0.422. The maximum absolute atomic E-state index is 13.5. The lowest BCUT2D eigenvalue weighted by atomic mass is 9.97. The largest absolute Gasteiger partial charge is 0.421 e. The van der Waals surface area contributed by atoms with E-state index in [0.717, 1.165) is 30.4 Å². The Morgan fingerprint density at radius 1 is 1.06 bits per heavy atom. The molecule has 7 heteroatoms. The Kier molecular flexibility index (Phi) is 5.81. The van der Waals surface area contributed by atoms with Gasteiger partial charge in [0.1, 0.15) is 5.82 Å². The highest BCUT2D eigenvalue weighted by atomic mass is 32.1. The summed E-state index contributed by atoms with van der Waals surface area (Å²) >= 11 is 1.64. The molecule has 0 saturated carbocycles. The van der Waals surface area contributed by atoms with Gasteiger partial charge < -0.3 is 9.32 Å². The minimum Gasteiger partial charge on any atom is -0.421 e. The number of halogens is 1. The van der Waals surface area contributed by atoms with Crippen LogP contribution in [0.4, 0.5) is 4.39 Å². The number of rotatable bonds is 5. The van der Waals surface area contributed by atoms with E-state index in [1.807, 2.05) is 34.5 Å². The lowest BCUT2D eigenvalue weighted by molar-refractivity contribution is 0.0605. The van der Waals surface area contributed by atoms with Gasteiger partial charge in [-0.05, 0) is 77.5 Å². The van der Waals surface area contributed by atoms with E-state index in [1.54, 1.807) is 23.5 Å². The van der Waals surface area contributed by atoms with E-state index in [4.69, 9.17) is 4.42 Å². The van der Waals surface area contributed by atoms with Gasteiger partial charge in [-0.1, -0.05) is 18.2 Å². The molecular formula is C25H22FN3O2S. The zero-order valence-corrected chi connectivity index (χ0v) is 18.2. The maximum atomic E-state index is 13.5. The molecule has 1 aliphatic heterocycles. The predicted molar refractivity (Wildman–Crippen MR) is 122 cm³/mol. The number of carbonyl (C=O) groups is 1. The van der Waals surface area contributed by atoms with E-state index in [1.165, 1.54) is 12.1 Å². The SMILES string of the molecule is O=C(c1cccc(-c2ccsc2)c1)N1CCCCC1Cc1nnc(-c2cccc(F)c2)o1. The van der Waals surface area contributed by atoms with Crippen LogP contribution in [0, 0.1) is 5.82 Å². The molecule has 0 bridgehead atoms. The number of carbonyl (C=O) groups excluding carboxylic acids is 1. The molecule has 1 atom stereocenters. The predicted octanol–water partition coefficient (Wildman–Crippen LogP) is 5.84. The van der Waals surface area contributed by atoms with Crippen molar-refractivity contribution in [3.63, 3.8) is 0 Å². The molecular weight excluding hydrogens is 425 g/mol. The summed E-state index contributed by atoms with van der Waals surface area (Å²) in [6, 6.07) is 15.9. The lowest BCUT2D eigenvalue weighted by Crippen LogP contribution is -2.45. The van der Waals surface area contributed by atoms with E-state index in [0.29, 0.717) is 30.0 Å². The molecule has 1 unspecified atom stereocenters. The summed E-state index contributed by atoms with van der Waals surface area (Å²) in [7, 11) is 0. The van der Waals surface area contributed by atoms with Crippen molar-refractivity contribution in [3.05, 3.63) is 82.6 Å². The highest BCUT2D eigenvalue weighted by Crippen LogP contribution is 2.27. The van der Waals surface area contributed by atoms with Gasteiger partial charge in [-0.25, -0.2) is 4.39 Å². The average Bonchev–Trinajstić information content (AvgIpc) is 3.52. The number of piperidine rings is 1. The second kappa shape index (κ2) is 9.04. The summed E-state index contributed by atoms with van der Waals surface area (Å²) in [5.41, 5.74) is 3.40. The van der Waals surface area contributed by atoms with Crippen LogP contribution in [-0.4, -0.2) is 33.6 Å². The van der Waals surface area contributed by atoms with Crippen LogP contribution in [0.3, 0.4) is 0 Å². The number of amides is 1. The quantitative estimate of drug-likeness (QED) is 0.386. The van der Waals surface area contributed by atoms with Crippen molar-refractivity contribution in [2.24, 2.45) is 0 Å². The normalized spacial score (nSPS) is 16.3. The Labute approximate surface area is 189 Å². The van der Waals surface area contributed by atoms with Crippen LogP contribution < -0.4 is 0 Å². The van der Waals surface area contributed by atoms with Gasteiger partial charge in [0, 0.05) is 30.1 Å². The van der Waals surface area contributed by atoms with Crippen LogP contribution in [-0.2, 0) is 6.42 Å². The number of nitrogens with zero attached hydrogens (tertiary/aromatic N) is 3. The van der Waals surface area contributed by atoms with Gasteiger partial charge in [0.25, 0.3) is 5.91 Å². The number of hydrogen-bond acceptors (Lipinski definition) is 5. The number of hydrogen-bond donors (Lipinski definition) is 0. The average molecular weight is 448 g/mol. The van der Waals surface area contributed by atoms with Gasteiger partial charge in [-0.3, -0.25) is 4.79 Å². The summed E-state index contributed by atoms with van der Waals surface area (Å²) in [4.78, 5) is 15.3. The highest BCUT2D eigenvalue weighted by Gasteiger charge is 2.29. The summed E-state index contributed by atoms with van der Waals surface area (Å²) in [6.45, 7) is 0.705. The molecule has 0 aliphatic carbocycles. The van der Waals surface area contributed by atoms with E-state index < -0.39 is 0 Å². The topological polar surface area (TPSA) is 59.2 Å². The first-order valence-electron chi connectivity index (χ1n) is 10.7. The molecule has 1 amide bonds. The third kappa shape index (κ3) is 4.34. The van der Waals surface area contributed by atoms with Crippen LogP contribution in [0.1, 0.15) is 35.5 Å². The van der Waals surface area contributed by atoms with Gasteiger partial charge in [-0.15, -0.1) is 10.2 Å². The van der Waals surface area contributed by atoms with Gasteiger partial charge in [-0.2, -0.15) is 11.3 Å². The Bertz CT molecular complexity index is 1220. The van der Waals surface area contributed by atoms with Crippen LogP contribution in [0.2, 0.25) is 0 Å². The summed E-state index contributed by atoms with van der Waals surface area (Å²) < 4.78 is 19.3. The highest BCUT2D eigenvalue weighted by molar-refractivity contribution is 7.08. The van der Waals surface area contributed by atoms with Gasteiger partial charge in [0.15, 0.2) is 0 Å². The third-order valence-electron chi connectivity index (χ3n) is 5.80. The summed E-state index contributed by atoms with van der Waals surface area (Å²) in [5, 5.41) is 12.3. The first-order chi connectivity index (χ1) is 15.7. The molecule has 3 heterocycles. The van der Waals surface area contributed by atoms with Crippen molar-refractivity contribution in [3.8, 4) is 22.6 Å². The van der Waals surface area contributed by atoms with Crippen LogP contribution >= 0.6 is 11.3 Å². The smallest absolute Gasteiger partial charge is 0.254 e. The first kappa shape index (κ1) is 20.6. The third-order valence-corrected chi connectivity index (χ3v) is 6.48. The summed E-state index contributed by atoms with van der Waals surface area (Å²) in [6.07, 6.45) is 3.39. The number of likely N-dealkylation sites (tertiary alicyclic amines) is 1. The monoisotopic (exact) mass is 447 g/mol. The van der Waals surface area contributed by atoms with Crippen molar-refractivity contribution in [2.45, 2.75) is 31.7 Å². The molecule has 5 nitrogen and oxygen atoms in total. The number of benzene rings is 2. The fourth-order valence-electron chi connectivity index (χ4n) is 4.18. The molecule has 1 saturated heterocycles. The standard InChI is InChI=1S/C25H22FN3O2S/c26-21-8-4-6-18(14-21)24-28-27-23(31-24)15-22-9-1-2-11-29(22)25(30)19-7-3-5-17(13-19)20-10-12-32-16-20/h3-8,10,12-14,16,22H,1-2,9,11,15H2. The Balaban J connectivity index is 1.35. The van der Waals surface area contributed by atoms with Gasteiger partial charge in [0.2, 0.25) is 11.8 Å². The van der Waals surface area contributed by atoms with E-state index in [2.05, 4.69) is 21.6 Å². The number of aromatic nitrogens is 2. The fraction of sp³-hybridized carbons (Fsp3) is 0.240. The minimum absolute atomic E-state index is 0.0122. The molecule has 0 spiro atoms. The lowest BCUT2D eigenvalue weighted by Gasteiger charge is -2.35. The second-order valence-corrected chi connectivity index (χ2v) is 8.74. The molecule has 2 aromatic carbocycles. The molecule has 4 aromatic rings. The van der Waals surface area contributed by atoms with Crippen molar-refractivity contribution in [2.75, 3.05) is 6.54 Å². The second-order valence-electron chi connectivity index (χ2n) is 7.96. The Morgan fingerprint density at radius 3 is 2.78 bits per heavy atom. The zero-order valence-electron chi connectivity index (χ0n) is 17.4. The van der Waals surface area contributed by atoms with Crippen molar-refractivity contribution >= 4 is 17.2 Å². The molecule has 32 heavy (non-hydrogen) atoms. The van der Waals surface area contributed by atoms with Gasteiger partial charge in [0.05, 0.1) is 0 Å². The Morgan fingerprint density at radius 2 is 1.94 bits per heavy atom. The van der Waals surface area contributed by atoms with E-state index in [9.17, 15) is 9.18 Å². The van der Waals surface area contributed by atoms with Crippen LogP contribution in [0.5, 0.6) is 0 Å². The molecule has 1 fully saturated rings. The zero-order chi connectivity index (χ0) is 21.9. The molecule has 162 valence electrons. The van der Waals surface area contributed by atoms with Crippen molar-refractivity contribution in [1.82, 2.24) is 15.1 Å². The molecule has 5 rings (SSSR count). The van der Waals surface area contributed by atoms with E-state index in [-0.39, 0.29) is 23.7 Å². The van der Waals surface area contributed by atoms with Crippen molar-refractivity contribution in [1.29, 1.82) is 0 Å². The molecule has 1 aliphatic rings. The molecule has 0 N–H and O–H groups in total. The first-order valence-corrected chi connectivity index (χ1v) is 11.6. The van der Waals surface area contributed by atoms with Crippen molar-refractivity contribution < 1.29 is 13.6 Å². The van der Waals surface area contributed by atoms with E-state index >= 15 is 0 Å². The molecule has 2 aromatic heterocycles. The molecule has 0 radical (unpaired) electrons. The van der Waals surface area contributed by atoms with Gasteiger partial charge >= 0.3 is 0 Å². The maximum Gasteiger partial charge on any atom is 0.254 e. The van der Waals surface area contributed by atoms with Crippen LogP contribution in [0.25, 0.3) is 22.6 Å². The Hall–Kier alpha value is -3.32.